The molecule has 1 aliphatic carbocycles. The molecule has 2 heterocycles. The molecule has 2 aromatic rings. The first-order chi connectivity index (χ1) is 15.8. The Morgan fingerprint density at radius 1 is 0.939 bits per heavy atom. The molecule has 0 radical (unpaired) electrons. The average molecular weight is 440 g/mol. The van der Waals surface area contributed by atoms with Gasteiger partial charge in [-0.25, -0.2) is 0 Å². The maximum absolute atomic E-state index is 13.4. The predicted molar refractivity (Wildman–Crippen MR) is 133 cm³/mol. The van der Waals surface area contributed by atoms with Gasteiger partial charge in [-0.15, -0.1) is 0 Å². The van der Waals surface area contributed by atoms with Crippen LogP contribution in [0.15, 0.2) is 74.7 Å². The summed E-state index contributed by atoms with van der Waals surface area (Å²) in [6.45, 7) is 6.67. The molecule has 3 aliphatic rings. The number of quaternary nitrogens is 1. The van der Waals surface area contributed by atoms with E-state index >= 15 is 0 Å². The Morgan fingerprint density at radius 2 is 1.67 bits per heavy atom. The minimum absolute atomic E-state index is 0.164. The monoisotopic (exact) mass is 439 g/mol. The molecule has 0 spiro atoms. The molecule has 0 saturated carbocycles. The highest BCUT2D eigenvalue weighted by molar-refractivity contribution is 5.96. The smallest absolute Gasteiger partial charge is 0.261 e. The van der Waals surface area contributed by atoms with Crippen LogP contribution in [0.2, 0.25) is 0 Å². The van der Waals surface area contributed by atoms with E-state index in [0.29, 0.717) is 40.1 Å². The van der Waals surface area contributed by atoms with Gasteiger partial charge in [-0.2, -0.15) is 0 Å². The van der Waals surface area contributed by atoms with Gasteiger partial charge >= 0.3 is 0 Å². The SMILES string of the molecule is CCCn1c(=O)c2cc(=CC=C3[NH+](C)c4ccccc4C3(C)C)c(=O)c3cccc(c3-2)c1=O. The maximum Gasteiger partial charge on any atom is 0.261 e. The number of nitrogens with one attached hydrogen (secondary N) is 1. The Balaban J connectivity index is 1.80. The van der Waals surface area contributed by atoms with Gasteiger partial charge in [-0.05, 0) is 50.6 Å². The predicted octanol–water partition coefficient (Wildman–Crippen LogP) is 2.20. The van der Waals surface area contributed by atoms with Gasteiger partial charge in [0.05, 0.1) is 12.5 Å². The fraction of sp³-hybridized carbons (Fsp3) is 0.250. The number of allylic oxidation sites excluding steroid dienone is 2. The van der Waals surface area contributed by atoms with Gasteiger partial charge in [-0.1, -0.05) is 37.3 Å². The zero-order valence-corrected chi connectivity index (χ0v) is 19.4. The average Bonchev–Trinajstić information content (AvgIpc) is 3.00. The van der Waals surface area contributed by atoms with Crippen LogP contribution in [-0.2, 0) is 12.0 Å². The van der Waals surface area contributed by atoms with Gasteiger partial charge in [0.25, 0.3) is 11.1 Å². The quantitative estimate of drug-likeness (QED) is 0.533. The first-order valence-corrected chi connectivity index (χ1v) is 11.4. The zero-order valence-electron chi connectivity index (χ0n) is 19.4. The lowest BCUT2D eigenvalue weighted by molar-refractivity contribution is -0.764. The first kappa shape index (κ1) is 21.3. The summed E-state index contributed by atoms with van der Waals surface area (Å²) in [7, 11) is 2.11. The second-order valence-corrected chi connectivity index (χ2v) is 9.38. The summed E-state index contributed by atoms with van der Waals surface area (Å²) < 4.78 is 1.29. The third-order valence-electron chi connectivity index (χ3n) is 7.05. The fourth-order valence-electron chi connectivity index (χ4n) is 5.38. The van der Waals surface area contributed by atoms with E-state index in [2.05, 4.69) is 39.1 Å². The number of aromatic nitrogens is 1. The van der Waals surface area contributed by atoms with Crippen molar-refractivity contribution in [3.63, 3.8) is 0 Å². The van der Waals surface area contributed by atoms with Crippen LogP contribution in [-0.4, -0.2) is 11.6 Å². The molecule has 2 aliphatic heterocycles. The molecule has 0 amide bonds. The van der Waals surface area contributed by atoms with Crippen molar-refractivity contribution in [2.24, 2.45) is 0 Å². The van der Waals surface area contributed by atoms with Crippen molar-refractivity contribution < 1.29 is 4.90 Å². The zero-order chi connectivity index (χ0) is 23.5. The largest absolute Gasteiger partial charge is 0.289 e. The number of hydrogen-bond donors (Lipinski definition) is 1. The summed E-state index contributed by atoms with van der Waals surface area (Å²) in [5, 5.41) is 1.30. The van der Waals surface area contributed by atoms with E-state index in [1.165, 1.54) is 20.7 Å². The lowest BCUT2D eigenvalue weighted by Gasteiger charge is -2.18. The summed E-state index contributed by atoms with van der Waals surface area (Å²) in [5.41, 5.74) is 3.55. The van der Waals surface area contributed by atoms with Gasteiger partial charge in [0.2, 0.25) is 0 Å². The van der Waals surface area contributed by atoms with Crippen molar-refractivity contribution in [3.8, 4) is 11.1 Å². The van der Waals surface area contributed by atoms with Gasteiger partial charge in [-0.3, -0.25) is 23.9 Å². The minimum atomic E-state index is -0.329. The highest BCUT2D eigenvalue weighted by Crippen LogP contribution is 2.37. The van der Waals surface area contributed by atoms with Crippen LogP contribution in [0, 0.1) is 0 Å². The standard InChI is InChI=1S/C28H26N2O3/c1-5-15-30-26(32)19-10-8-9-18-24(19)20(27(30)33)16-17(25(18)31)13-14-23-28(2,3)21-11-6-7-12-22(21)29(23)4/h6-14,16H,5,15H2,1-4H3/p+1. The Hall–Kier alpha value is -3.57. The van der Waals surface area contributed by atoms with Crippen molar-refractivity contribution >= 4 is 22.5 Å². The number of benzene rings is 3. The van der Waals surface area contributed by atoms with Crippen molar-refractivity contribution in [2.75, 3.05) is 7.05 Å². The molecular formula is C28H27N2O3+. The van der Waals surface area contributed by atoms with E-state index in [9.17, 15) is 14.4 Å². The van der Waals surface area contributed by atoms with E-state index in [0.717, 1.165) is 5.70 Å². The third kappa shape index (κ3) is 3.00. The van der Waals surface area contributed by atoms with Gasteiger partial charge < -0.3 is 0 Å². The number of likely N-dealkylation sites (N-methyl/N-ethyl adjacent to an activating group) is 1. The van der Waals surface area contributed by atoms with Crippen LogP contribution in [0.25, 0.3) is 28.0 Å². The molecule has 0 saturated heterocycles. The number of pyridine rings is 1. The molecular weight excluding hydrogens is 412 g/mol. The van der Waals surface area contributed by atoms with Crippen LogP contribution in [0.3, 0.4) is 0 Å². The molecule has 5 nitrogen and oxygen atoms in total. The van der Waals surface area contributed by atoms with Gasteiger partial charge in [0.1, 0.15) is 11.4 Å². The summed E-state index contributed by atoms with van der Waals surface area (Å²) in [6, 6.07) is 15.2. The third-order valence-corrected chi connectivity index (χ3v) is 7.05. The number of fused-ring (bicyclic) bond motifs is 1. The molecule has 0 aromatic heterocycles. The Morgan fingerprint density at radius 3 is 2.39 bits per heavy atom. The summed E-state index contributed by atoms with van der Waals surface area (Å²) in [4.78, 5) is 40.6. The van der Waals surface area contributed by atoms with E-state index < -0.39 is 0 Å². The van der Waals surface area contributed by atoms with E-state index in [1.54, 1.807) is 24.3 Å². The molecule has 2 aromatic carbocycles. The maximum atomic E-state index is 13.4. The Kier molecular flexibility index (Phi) is 4.83. The summed E-state index contributed by atoms with van der Waals surface area (Å²) >= 11 is 0. The number of rotatable bonds is 3. The normalized spacial score (nSPS) is 19.1. The molecule has 166 valence electrons. The lowest BCUT2D eigenvalue weighted by atomic mass is 9.83. The van der Waals surface area contributed by atoms with E-state index in [1.807, 2.05) is 25.1 Å². The highest BCUT2D eigenvalue weighted by atomic mass is 16.2. The molecule has 5 rings (SSSR count). The molecule has 0 fully saturated rings. The lowest BCUT2D eigenvalue weighted by Crippen LogP contribution is -3.01. The minimum Gasteiger partial charge on any atom is -0.289 e. The Labute approximate surface area is 191 Å². The number of para-hydroxylation sites is 1. The van der Waals surface area contributed by atoms with Crippen molar-refractivity contribution in [1.82, 2.24) is 4.57 Å². The van der Waals surface area contributed by atoms with Crippen LogP contribution >= 0.6 is 0 Å². The molecule has 5 heteroatoms. The van der Waals surface area contributed by atoms with Crippen LogP contribution in [0.5, 0.6) is 0 Å². The second-order valence-electron chi connectivity index (χ2n) is 9.38. The van der Waals surface area contributed by atoms with Crippen molar-refractivity contribution in [1.29, 1.82) is 0 Å². The summed E-state index contributed by atoms with van der Waals surface area (Å²) in [5.74, 6) is 0. The van der Waals surface area contributed by atoms with Crippen LogP contribution < -0.4 is 26.7 Å². The number of nitrogens with zero attached hydrogens (tertiary/aromatic N) is 1. The summed E-state index contributed by atoms with van der Waals surface area (Å²) in [6.07, 6.45) is 4.51. The molecule has 1 unspecified atom stereocenters. The molecule has 1 atom stereocenters. The van der Waals surface area contributed by atoms with Crippen LogP contribution in [0.1, 0.15) is 32.8 Å². The van der Waals surface area contributed by atoms with Crippen molar-refractivity contribution in [2.45, 2.75) is 39.2 Å². The fourth-order valence-corrected chi connectivity index (χ4v) is 5.38. The molecule has 0 bridgehead atoms. The second kappa shape index (κ2) is 7.49. The number of hydrogen-bond acceptors (Lipinski definition) is 3. The van der Waals surface area contributed by atoms with Crippen molar-refractivity contribution in [3.05, 3.63) is 102 Å². The van der Waals surface area contributed by atoms with E-state index in [4.69, 9.17) is 0 Å². The van der Waals surface area contributed by atoms with Gasteiger partial charge in [0, 0.05) is 39.2 Å². The first-order valence-electron chi connectivity index (χ1n) is 11.4. The van der Waals surface area contributed by atoms with Crippen LogP contribution in [0.4, 0.5) is 5.69 Å². The van der Waals surface area contributed by atoms with Gasteiger partial charge in [0.15, 0.2) is 5.43 Å². The molecule has 33 heavy (non-hydrogen) atoms. The topological polar surface area (TPSA) is 60.6 Å². The van der Waals surface area contributed by atoms with E-state index in [-0.39, 0.29) is 22.0 Å². The molecule has 1 N–H and O–H groups in total. The Bertz CT molecular complexity index is 1630. The highest BCUT2D eigenvalue weighted by Gasteiger charge is 2.43.